The second-order valence-corrected chi connectivity index (χ2v) is 6.94. The maximum Gasteiger partial charge on any atom is 0.253 e. The summed E-state index contributed by atoms with van der Waals surface area (Å²) in [6.45, 7) is 8.53. The van der Waals surface area contributed by atoms with Crippen LogP contribution in [0.4, 0.5) is 0 Å². The summed E-state index contributed by atoms with van der Waals surface area (Å²) >= 11 is 0. The van der Waals surface area contributed by atoms with Gasteiger partial charge in [-0.2, -0.15) is 5.10 Å². The molecule has 2 heterocycles. The molecule has 1 fully saturated rings. The van der Waals surface area contributed by atoms with E-state index in [0.717, 1.165) is 56.0 Å². The van der Waals surface area contributed by atoms with Crippen LogP contribution in [0.25, 0.3) is 0 Å². The number of hydrogen-bond donors (Lipinski definition) is 0. The van der Waals surface area contributed by atoms with Crippen LogP contribution in [0.2, 0.25) is 0 Å². The molecule has 1 aliphatic rings. The molecule has 0 spiro atoms. The number of ether oxygens (including phenoxy) is 1. The van der Waals surface area contributed by atoms with Crippen molar-refractivity contribution in [2.45, 2.75) is 32.9 Å². The highest BCUT2D eigenvalue weighted by atomic mass is 16.5. The van der Waals surface area contributed by atoms with E-state index >= 15 is 0 Å². The number of amides is 1. The van der Waals surface area contributed by atoms with E-state index in [1.807, 2.05) is 53.2 Å². The van der Waals surface area contributed by atoms with Gasteiger partial charge in [0.1, 0.15) is 5.75 Å². The number of benzene rings is 1. The number of aromatic nitrogens is 2. The lowest BCUT2D eigenvalue weighted by Gasteiger charge is -2.27. The predicted octanol–water partition coefficient (Wildman–Crippen LogP) is 2.44. The van der Waals surface area contributed by atoms with Gasteiger partial charge in [-0.1, -0.05) is 0 Å². The summed E-state index contributed by atoms with van der Waals surface area (Å²) < 4.78 is 7.26. The molecule has 140 valence electrons. The van der Waals surface area contributed by atoms with Crippen LogP contribution in [-0.2, 0) is 6.54 Å². The number of rotatable bonds is 5. The smallest absolute Gasteiger partial charge is 0.253 e. The van der Waals surface area contributed by atoms with Gasteiger partial charge in [0.15, 0.2) is 0 Å². The van der Waals surface area contributed by atoms with Crippen molar-refractivity contribution in [3.63, 3.8) is 0 Å². The second kappa shape index (κ2) is 8.36. The molecule has 2 aromatic rings. The summed E-state index contributed by atoms with van der Waals surface area (Å²) in [6, 6.07) is 8.00. The molecule has 1 saturated heterocycles. The molecule has 1 atom stereocenters. The molecular weight excluding hydrogens is 328 g/mol. The molecule has 1 aromatic carbocycles. The summed E-state index contributed by atoms with van der Waals surface area (Å²) in [5.41, 5.74) is 1.73. The Balaban J connectivity index is 1.60. The van der Waals surface area contributed by atoms with Gasteiger partial charge in [-0.05, 0) is 50.1 Å². The molecule has 1 aromatic heterocycles. The van der Waals surface area contributed by atoms with E-state index < -0.39 is 0 Å². The topological polar surface area (TPSA) is 50.6 Å². The molecule has 0 radical (unpaired) electrons. The van der Waals surface area contributed by atoms with Crippen LogP contribution < -0.4 is 4.74 Å². The molecule has 0 aliphatic carbocycles. The first-order chi connectivity index (χ1) is 12.6. The molecule has 0 N–H and O–H groups in total. The Hall–Kier alpha value is -2.34. The lowest BCUT2D eigenvalue weighted by atomic mass is 10.1. The summed E-state index contributed by atoms with van der Waals surface area (Å²) in [5, 5.41) is 4.29. The third kappa shape index (κ3) is 4.25. The van der Waals surface area contributed by atoms with Crippen molar-refractivity contribution in [1.82, 2.24) is 19.6 Å². The van der Waals surface area contributed by atoms with Crippen molar-refractivity contribution in [3.8, 4) is 5.75 Å². The highest BCUT2D eigenvalue weighted by Crippen LogP contribution is 2.20. The van der Waals surface area contributed by atoms with Crippen molar-refractivity contribution in [2.24, 2.45) is 0 Å². The SMILES string of the molecule is COc1ccc(C(=O)N2CCCN(C(C)Cn3cccn3)CC2)cc1C. The van der Waals surface area contributed by atoms with E-state index in [4.69, 9.17) is 4.74 Å². The van der Waals surface area contributed by atoms with Crippen molar-refractivity contribution in [1.29, 1.82) is 0 Å². The number of hydrogen-bond acceptors (Lipinski definition) is 4. The first-order valence-corrected chi connectivity index (χ1v) is 9.24. The van der Waals surface area contributed by atoms with E-state index in [-0.39, 0.29) is 5.91 Å². The maximum atomic E-state index is 12.9. The molecule has 1 amide bonds. The normalized spacial score (nSPS) is 17.0. The van der Waals surface area contributed by atoms with Gasteiger partial charge in [-0.25, -0.2) is 0 Å². The largest absolute Gasteiger partial charge is 0.496 e. The molecule has 26 heavy (non-hydrogen) atoms. The summed E-state index contributed by atoms with van der Waals surface area (Å²) in [7, 11) is 1.65. The van der Waals surface area contributed by atoms with Gasteiger partial charge >= 0.3 is 0 Å². The average molecular weight is 356 g/mol. The lowest BCUT2D eigenvalue weighted by molar-refractivity contribution is 0.0757. The first kappa shape index (κ1) is 18.5. The zero-order valence-corrected chi connectivity index (χ0v) is 15.9. The lowest BCUT2D eigenvalue weighted by Crippen LogP contribution is -2.40. The van der Waals surface area contributed by atoms with Gasteiger partial charge in [0.2, 0.25) is 0 Å². The fourth-order valence-corrected chi connectivity index (χ4v) is 3.57. The van der Waals surface area contributed by atoms with Crippen molar-refractivity contribution >= 4 is 5.91 Å². The molecule has 0 bridgehead atoms. The van der Waals surface area contributed by atoms with Crippen molar-refractivity contribution in [2.75, 3.05) is 33.3 Å². The van der Waals surface area contributed by atoms with E-state index in [2.05, 4.69) is 16.9 Å². The Labute approximate surface area is 155 Å². The van der Waals surface area contributed by atoms with Crippen LogP contribution in [-0.4, -0.2) is 64.8 Å². The molecule has 3 rings (SSSR count). The van der Waals surface area contributed by atoms with Gasteiger partial charge in [0.25, 0.3) is 5.91 Å². The van der Waals surface area contributed by atoms with Crippen LogP contribution in [0.3, 0.4) is 0 Å². The third-order valence-electron chi connectivity index (χ3n) is 5.09. The standard InChI is InChI=1S/C20H28N4O2/c1-16-14-18(6-7-19(16)26-3)20(25)23-10-5-9-22(12-13-23)17(2)15-24-11-4-8-21-24/h4,6-8,11,14,17H,5,9-10,12-13,15H2,1-3H3. The van der Waals surface area contributed by atoms with E-state index in [1.165, 1.54) is 0 Å². The van der Waals surface area contributed by atoms with Crippen molar-refractivity contribution in [3.05, 3.63) is 47.8 Å². The molecule has 1 unspecified atom stereocenters. The van der Waals surface area contributed by atoms with Crippen LogP contribution in [0.5, 0.6) is 5.75 Å². The van der Waals surface area contributed by atoms with Crippen molar-refractivity contribution < 1.29 is 9.53 Å². The van der Waals surface area contributed by atoms with Gasteiger partial charge < -0.3 is 9.64 Å². The van der Waals surface area contributed by atoms with Crippen LogP contribution in [0, 0.1) is 6.92 Å². The average Bonchev–Trinajstić information content (AvgIpc) is 3.02. The Kier molecular flexibility index (Phi) is 5.93. The predicted molar refractivity (Wildman–Crippen MR) is 102 cm³/mol. The molecular formula is C20H28N4O2. The summed E-state index contributed by atoms with van der Waals surface area (Å²) in [6.07, 6.45) is 4.80. The highest BCUT2D eigenvalue weighted by molar-refractivity contribution is 5.94. The van der Waals surface area contributed by atoms with Gasteiger partial charge in [-0.15, -0.1) is 0 Å². The maximum absolute atomic E-state index is 12.9. The Morgan fingerprint density at radius 3 is 2.81 bits per heavy atom. The minimum atomic E-state index is 0.109. The number of carbonyl (C=O) groups is 1. The zero-order chi connectivity index (χ0) is 18.5. The van der Waals surface area contributed by atoms with Crippen LogP contribution in [0.1, 0.15) is 29.3 Å². The van der Waals surface area contributed by atoms with E-state index in [9.17, 15) is 4.79 Å². The Morgan fingerprint density at radius 1 is 1.27 bits per heavy atom. The molecule has 6 heteroatoms. The van der Waals surface area contributed by atoms with Gasteiger partial charge in [-0.3, -0.25) is 14.4 Å². The zero-order valence-electron chi connectivity index (χ0n) is 15.9. The number of carbonyl (C=O) groups excluding carboxylic acids is 1. The van der Waals surface area contributed by atoms with E-state index in [1.54, 1.807) is 7.11 Å². The molecule has 0 saturated carbocycles. The molecule has 1 aliphatic heterocycles. The minimum Gasteiger partial charge on any atom is -0.496 e. The quantitative estimate of drug-likeness (QED) is 0.826. The van der Waals surface area contributed by atoms with Gasteiger partial charge in [0, 0.05) is 50.2 Å². The Morgan fingerprint density at radius 2 is 2.12 bits per heavy atom. The number of nitrogens with zero attached hydrogens (tertiary/aromatic N) is 4. The highest BCUT2D eigenvalue weighted by Gasteiger charge is 2.23. The summed E-state index contributed by atoms with van der Waals surface area (Å²) in [5.74, 6) is 0.924. The van der Waals surface area contributed by atoms with Crippen LogP contribution >= 0.6 is 0 Å². The van der Waals surface area contributed by atoms with Crippen LogP contribution in [0.15, 0.2) is 36.7 Å². The monoisotopic (exact) mass is 356 g/mol. The second-order valence-electron chi connectivity index (χ2n) is 6.94. The minimum absolute atomic E-state index is 0.109. The first-order valence-electron chi connectivity index (χ1n) is 9.24. The van der Waals surface area contributed by atoms with E-state index in [0.29, 0.717) is 6.04 Å². The summed E-state index contributed by atoms with van der Waals surface area (Å²) in [4.78, 5) is 17.3. The number of methoxy groups -OCH3 is 1. The molecule has 6 nitrogen and oxygen atoms in total. The third-order valence-corrected chi connectivity index (χ3v) is 5.09. The fraction of sp³-hybridized carbons (Fsp3) is 0.500. The Bertz CT molecular complexity index is 729. The number of aryl methyl sites for hydroxylation is 1. The fourth-order valence-electron chi connectivity index (χ4n) is 3.57. The van der Waals surface area contributed by atoms with Gasteiger partial charge in [0.05, 0.1) is 13.7 Å².